The topological polar surface area (TPSA) is 76.0 Å². The van der Waals surface area contributed by atoms with Crippen molar-refractivity contribution in [2.75, 3.05) is 0 Å². The van der Waals surface area contributed by atoms with Gasteiger partial charge in [0.1, 0.15) is 5.82 Å². The van der Waals surface area contributed by atoms with Crippen molar-refractivity contribution in [2.24, 2.45) is 7.05 Å². The van der Waals surface area contributed by atoms with Crippen LogP contribution in [0.1, 0.15) is 20.7 Å². The van der Waals surface area contributed by atoms with Gasteiger partial charge in [0.2, 0.25) is 0 Å². The van der Waals surface area contributed by atoms with Gasteiger partial charge in [-0.05, 0) is 12.1 Å². The molecule has 2 aromatic rings. The molecule has 1 aromatic carbocycles. The minimum atomic E-state index is -0.727. The largest absolute Gasteiger partial charge is 0.275 e. The Morgan fingerprint density at radius 3 is 2.53 bits per heavy atom. The molecule has 6 nitrogen and oxygen atoms in total. The summed E-state index contributed by atoms with van der Waals surface area (Å²) in [5.41, 5.74) is 4.45. The maximum Gasteiger partial charge on any atom is 0.272 e. The molecule has 0 atom stereocenters. The zero-order valence-corrected chi connectivity index (χ0v) is 10.1. The van der Waals surface area contributed by atoms with Gasteiger partial charge < -0.3 is 0 Å². The molecule has 2 amide bonds. The van der Waals surface area contributed by atoms with Crippen LogP contribution in [0, 0.1) is 5.82 Å². The Morgan fingerprint density at radius 1 is 1.21 bits per heavy atom. The number of aryl methyl sites for hydroxylation is 1. The van der Waals surface area contributed by atoms with Crippen molar-refractivity contribution in [2.45, 2.75) is 0 Å². The Bertz CT molecular complexity index is 624. The first kappa shape index (κ1) is 12.7. The van der Waals surface area contributed by atoms with E-state index in [4.69, 9.17) is 0 Å². The van der Waals surface area contributed by atoms with Crippen LogP contribution in [0.3, 0.4) is 0 Å². The number of nitrogens with one attached hydrogen (secondary N) is 2. The fourth-order valence-electron chi connectivity index (χ4n) is 1.44. The lowest BCUT2D eigenvalue weighted by Crippen LogP contribution is -2.41. The van der Waals surface area contributed by atoms with E-state index in [0.717, 1.165) is 6.07 Å². The number of halogens is 1. The average molecular weight is 262 g/mol. The molecule has 98 valence electrons. The molecule has 0 radical (unpaired) electrons. The summed E-state index contributed by atoms with van der Waals surface area (Å²) in [4.78, 5) is 23.2. The summed E-state index contributed by atoms with van der Waals surface area (Å²) in [6.45, 7) is 0. The van der Waals surface area contributed by atoms with Gasteiger partial charge in [-0.15, -0.1) is 0 Å². The van der Waals surface area contributed by atoms with Gasteiger partial charge in [-0.3, -0.25) is 25.1 Å². The van der Waals surface area contributed by atoms with Crippen LogP contribution in [0.25, 0.3) is 0 Å². The van der Waals surface area contributed by atoms with Crippen LogP contribution in [0.2, 0.25) is 0 Å². The molecule has 19 heavy (non-hydrogen) atoms. The minimum Gasteiger partial charge on any atom is -0.275 e. The second-order valence-corrected chi connectivity index (χ2v) is 3.79. The van der Waals surface area contributed by atoms with Crippen LogP contribution in [-0.2, 0) is 7.05 Å². The lowest BCUT2D eigenvalue weighted by Gasteiger charge is -2.06. The minimum absolute atomic E-state index is 0.144. The third-order valence-corrected chi connectivity index (χ3v) is 2.38. The van der Waals surface area contributed by atoms with Gasteiger partial charge in [0.05, 0.1) is 17.3 Å². The molecule has 2 rings (SSSR count). The van der Waals surface area contributed by atoms with Gasteiger partial charge in [-0.1, -0.05) is 12.1 Å². The number of rotatable bonds is 2. The van der Waals surface area contributed by atoms with Crippen molar-refractivity contribution < 1.29 is 14.0 Å². The van der Waals surface area contributed by atoms with Crippen molar-refractivity contribution in [1.82, 2.24) is 20.6 Å². The Morgan fingerprint density at radius 2 is 1.89 bits per heavy atom. The first-order valence-electron chi connectivity index (χ1n) is 5.42. The van der Waals surface area contributed by atoms with Crippen molar-refractivity contribution in [3.63, 3.8) is 0 Å². The summed E-state index contributed by atoms with van der Waals surface area (Å²) in [6, 6.07) is 5.49. The van der Waals surface area contributed by atoms with E-state index in [2.05, 4.69) is 16.0 Å². The Balaban J connectivity index is 1.98. The Hall–Kier alpha value is -2.70. The number of carbonyl (C=O) groups excluding carboxylic acids is 2. The number of hydrazine groups is 1. The maximum absolute atomic E-state index is 13.3. The summed E-state index contributed by atoms with van der Waals surface area (Å²) in [6.07, 6.45) is 2.84. The van der Waals surface area contributed by atoms with Crippen molar-refractivity contribution in [1.29, 1.82) is 0 Å². The Labute approximate surface area is 108 Å². The predicted molar refractivity (Wildman–Crippen MR) is 64.5 cm³/mol. The van der Waals surface area contributed by atoms with Crippen molar-refractivity contribution in [3.8, 4) is 0 Å². The van der Waals surface area contributed by atoms with E-state index in [9.17, 15) is 14.0 Å². The van der Waals surface area contributed by atoms with Crippen LogP contribution < -0.4 is 10.9 Å². The fourth-order valence-corrected chi connectivity index (χ4v) is 1.44. The first-order valence-corrected chi connectivity index (χ1v) is 5.42. The second-order valence-electron chi connectivity index (χ2n) is 3.79. The molecule has 0 bridgehead atoms. The molecule has 0 fully saturated rings. The van der Waals surface area contributed by atoms with Gasteiger partial charge >= 0.3 is 0 Å². The Kier molecular flexibility index (Phi) is 3.56. The summed E-state index contributed by atoms with van der Waals surface area (Å²) in [7, 11) is 1.66. The molecule has 0 unspecified atom stereocenters. The van der Waals surface area contributed by atoms with E-state index in [0.29, 0.717) is 0 Å². The highest BCUT2D eigenvalue weighted by molar-refractivity contribution is 5.98. The van der Waals surface area contributed by atoms with E-state index in [1.807, 2.05) is 0 Å². The number of nitrogens with zero attached hydrogens (tertiary/aromatic N) is 2. The number of amides is 2. The molecule has 0 aliphatic heterocycles. The van der Waals surface area contributed by atoms with Gasteiger partial charge in [-0.2, -0.15) is 5.10 Å². The average Bonchev–Trinajstić information content (AvgIpc) is 2.83. The summed E-state index contributed by atoms with van der Waals surface area (Å²) >= 11 is 0. The highest BCUT2D eigenvalue weighted by Gasteiger charge is 2.13. The normalized spacial score (nSPS) is 10.0. The molecular formula is C12H11FN4O2. The lowest BCUT2D eigenvalue weighted by molar-refractivity contribution is 0.0844. The summed E-state index contributed by atoms with van der Waals surface area (Å²) < 4.78 is 14.8. The zero-order chi connectivity index (χ0) is 13.8. The number of hydrogen-bond donors (Lipinski definition) is 2. The summed E-state index contributed by atoms with van der Waals surface area (Å²) in [5.74, 6) is -1.91. The van der Waals surface area contributed by atoms with E-state index in [1.54, 1.807) is 7.05 Å². The van der Waals surface area contributed by atoms with E-state index >= 15 is 0 Å². The first-order chi connectivity index (χ1) is 9.08. The maximum atomic E-state index is 13.3. The number of aromatic nitrogens is 2. The lowest BCUT2D eigenvalue weighted by atomic mass is 10.2. The van der Waals surface area contributed by atoms with Crippen molar-refractivity contribution in [3.05, 3.63) is 53.6 Å². The van der Waals surface area contributed by atoms with Crippen molar-refractivity contribution >= 4 is 11.8 Å². The molecule has 1 aromatic heterocycles. The standard InChI is InChI=1S/C12H11FN4O2/c1-17-7-8(6-14-17)11(18)15-16-12(19)9-4-2-3-5-10(9)13/h2-7H,1H3,(H,15,18)(H,16,19). The highest BCUT2D eigenvalue weighted by atomic mass is 19.1. The van der Waals surface area contributed by atoms with Crippen LogP contribution in [0.4, 0.5) is 4.39 Å². The van der Waals surface area contributed by atoms with Gasteiger partial charge in [0, 0.05) is 13.2 Å². The van der Waals surface area contributed by atoms with E-state index in [1.165, 1.54) is 35.3 Å². The molecule has 0 saturated heterocycles. The monoisotopic (exact) mass is 262 g/mol. The molecule has 2 N–H and O–H groups in total. The van der Waals surface area contributed by atoms with E-state index in [-0.39, 0.29) is 11.1 Å². The van der Waals surface area contributed by atoms with Crippen LogP contribution in [-0.4, -0.2) is 21.6 Å². The summed E-state index contributed by atoms with van der Waals surface area (Å²) in [5, 5.41) is 3.82. The SMILES string of the molecule is Cn1cc(C(=O)NNC(=O)c2ccccc2F)cn1. The number of benzene rings is 1. The molecule has 7 heteroatoms. The van der Waals surface area contributed by atoms with Crippen LogP contribution in [0.15, 0.2) is 36.7 Å². The molecule has 1 heterocycles. The van der Waals surface area contributed by atoms with Crippen LogP contribution >= 0.6 is 0 Å². The molecule has 0 aliphatic carbocycles. The molecule has 0 aliphatic rings. The second kappa shape index (κ2) is 5.30. The number of hydrogen-bond acceptors (Lipinski definition) is 3. The molecule has 0 spiro atoms. The quantitative estimate of drug-likeness (QED) is 0.779. The predicted octanol–water partition coefficient (Wildman–Crippen LogP) is 0.634. The van der Waals surface area contributed by atoms with Gasteiger partial charge in [0.15, 0.2) is 0 Å². The molecule has 0 saturated carbocycles. The third-order valence-electron chi connectivity index (χ3n) is 2.38. The van der Waals surface area contributed by atoms with Gasteiger partial charge in [0.25, 0.3) is 11.8 Å². The van der Waals surface area contributed by atoms with Gasteiger partial charge in [-0.25, -0.2) is 4.39 Å². The van der Waals surface area contributed by atoms with E-state index < -0.39 is 17.6 Å². The third kappa shape index (κ3) is 2.95. The number of carbonyl (C=O) groups is 2. The van der Waals surface area contributed by atoms with Crippen LogP contribution in [0.5, 0.6) is 0 Å². The highest BCUT2D eigenvalue weighted by Crippen LogP contribution is 2.05. The molecular weight excluding hydrogens is 251 g/mol. The zero-order valence-electron chi connectivity index (χ0n) is 10.1. The fraction of sp³-hybridized carbons (Fsp3) is 0.0833. The smallest absolute Gasteiger partial charge is 0.272 e.